The van der Waals surface area contributed by atoms with Crippen molar-refractivity contribution in [2.24, 2.45) is 0 Å². The Labute approximate surface area is 162 Å². The number of hydrogen-bond donors (Lipinski definition) is 1. The summed E-state index contributed by atoms with van der Waals surface area (Å²) >= 11 is 0. The molecule has 0 saturated carbocycles. The molecule has 0 unspecified atom stereocenters. The van der Waals surface area contributed by atoms with E-state index in [9.17, 15) is 4.79 Å². The smallest absolute Gasteiger partial charge is 0.335 e. The fourth-order valence-corrected chi connectivity index (χ4v) is 4.02. The van der Waals surface area contributed by atoms with Gasteiger partial charge in [0.05, 0.1) is 5.56 Å². The Kier molecular flexibility index (Phi) is 5.14. The molecule has 0 fully saturated rings. The van der Waals surface area contributed by atoms with Gasteiger partial charge in [-0.25, -0.2) is 4.79 Å². The molecular weight excluding hydrogens is 334 g/mol. The monoisotopic (exact) mass is 363 g/mol. The number of benzene rings is 2. The van der Waals surface area contributed by atoms with Gasteiger partial charge in [-0.1, -0.05) is 32.9 Å². The number of aromatic carboxylic acids is 1. The van der Waals surface area contributed by atoms with Crippen LogP contribution in [0.3, 0.4) is 0 Å². The number of fused-ring (bicyclic) bond motifs is 1. The summed E-state index contributed by atoms with van der Waals surface area (Å²) in [5.74, 6) is -0.894. The van der Waals surface area contributed by atoms with Crippen LogP contribution in [0.1, 0.15) is 67.6 Å². The van der Waals surface area contributed by atoms with E-state index in [1.54, 1.807) is 12.1 Å². The normalized spacial score (nSPS) is 15.1. The van der Waals surface area contributed by atoms with Gasteiger partial charge in [0.1, 0.15) is 0 Å². The van der Waals surface area contributed by atoms with Crippen LogP contribution in [0, 0.1) is 6.92 Å². The molecule has 0 radical (unpaired) electrons. The van der Waals surface area contributed by atoms with E-state index in [1.165, 1.54) is 28.0 Å². The van der Waals surface area contributed by atoms with Gasteiger partial charge < -0.3 is 10.0 Å². The molecular formula is C24H29NO2. The van der Waals surface area contributed by atoms with Gasteiger partial charge in [0.15, 0.2) is 0 Å². The number of nitrogens with zero attached hydrogens (tertiary/aromatic N) is 1. The van der Waals surface area contributed by atoms with Crippen LogP contribution in [0.15, 0.2) is 42.5 Å². The van der Waals surface area contributed by atoms with Crippen LogP contribution in [0.25, 0.3) is 5.57 Å². The summed E-state index contributed by atoms with van der Waals surface area (Å²) in [5, 5.41) is 9.15. The second-order valence-electron chi connectivity index (χ2n) is 7.95. The second kappa shape index (κ2) is 7.22. The fourth-order valence-electron chi connectivity index (χ4n) is 4.02. The minimum Gasteiger partial charge on any atom is -0.478 e. The van der Waals surface area contributed by atoms with Crippen LogP contribution in [0.4, 0.5) is 11.4 Å². The van der Waals surface area contributed by atoms with Crippen LogP contribution in [-0.2, 0) is 5.41 Å². The van der Waals surface area contributed by atoms with Gasteiger partial charge in [0.2, 0.25) is 0 Å². The molecule has 0 spiro atoms. The lowest BCUT2D eigenvalue weighted by molar-refractivity contribution is 0.0697. The lowest BCUT2D eigenvalue weighted by atomic mass is 9.72. The van der Waals surface area contributed by atoms with E-state index in [-0.39, 0.29) is 5.41 Å². The van der Waals surface area contributed by atoms with E-state index in [1.807, 2.05) is 12.1 Å². The van der Waals surface area contributed by atoms with Crippen molar-refractivity contribution in [3.05, 3.63) is 64.7 Å². The van der Waals surface area contributed by atoms with Crippen LogP contribution < -0.4 is 4.90 Å². The predicted octanol–water partition coefficient (Wildman–Crippen LogP) is 6.33. The van der Waals surface area contributed by atoms with Gasteiger partial charge in [0, 0.05) is 17.9 Å². The molecule has 0 bridgehead atoms. The van der Waals surface area contributed by atoms with E-state index in [4.69, 9.17) is 5.11 Å². The number of carbonyl (C=O) groups is 1. The number of aryl methyl sites for hydroxylation is 1. The molecule has 1 aliphatic carbocycles. The molecule has 3 heteroatoms. The molecule has 2 aromatic carbocycles. The Morgan fingerprint density at radius 1 is 1.15 bits per heavy atom. The van der Waals surface area contributed by atoms with E-state index in [0.717, 1.165) is 25.1 Å². The number of hydrogen-bond acceptors (Lipinski definition) is 2. The van der Waals surface area contributed by atoms with Gasteiger partial charge in [-0.3, -0.25) is 0 Å². The maximum atomic E-state index is 11.1. The maximum Gasteiger partial charge on any atom is 0.335 e. The standard InChI is InChI=1S/C24H29NO2/c1-6-17-12-13-24(4,5)21-14-16(3)22(15-20(17)21)25(7-2)19-10-8-18(9-11-19)23(26)27/h8-12,14-15H,6-7,13H2,1-5H3,(H,26,27). The zero-order chi connectivity index (χ0) is 19.8. The number of allylic oxidation sites excluding steroid dienone is 2. The Bertz CT molecular complexity index is 891. The van der Waals surface area contributed by atoms with Crippen LogP contribution in [0.2, 0.25) is 0 Å². The number of carboxylic acid groups (broad SMARTS) is 1. The summed E-state index contributed by atoms with van der Waals surface area (Å²) < 4.78 is 0. The third-order valence-corrected chi connectivity index (χ3v) is 5.68. The highest BCUT2D eigenvalue weighted by molar-refractivity contribution is 5.88. The summed E-state index contributed by atoms with van der Waals surface area (Å²) in [4.78, 5) is 13.4. The maximum absolute atomic E-state index is 11.1. The second-order valence-corrected chi connectivity index (χ2v) is 7.95. The first-order valence-electron chi connectivity index (χ1n) is 9.74. The summed E-state index contributed by atoms with van der Waals surface area (Å²) in [7, 11) is 0. The number of carboxylic acids is 1. The van der Waals surface area contributed by atoms with Crippen molar-refractivity contribution in [1.82, 2.24) is 0 Å². The molecule has 0 amide bonds. The van der Waals surface area contributed by atoms with E-state index in [0.29, 0.717) is 5.56 Å². The zero-order valence-corrected chi connectivity index (χ0v) is 17.0. The van der Waals surface area contributed by atoms with Gasteiger partial charge >= 0.3 is 5.97 Å². The predicted molar refractivity (Wildman–Crippen MR) is 113 cm³/mol. The summed E-state index contributed by atoms with van der Waals surface area (Å²) in [5.41, 5.74) is 8.13. The lowest BCUT2D eigenvalue weighted by Gasteiger charge is -2.35. The molecule has 1 aliphatic rings. The third-order valence-electron chi connectivity index (χ3n) is 5.68. The first kappa shape index (κ1) is 19.2. The SMILES string of the molecule is CCC1=CCC(C)(C)c2cc(C)c(N(CC)c3ccc(C(=O)O)cc3)cc21. The summed E-state index contributed by atoms with van der Waals surface area (Å²) in [6.45, 7) is 12.0. The van der Waals surface area contributed by atoms with Crippen molar-refractivity contribution >= 4 is 22.9 Å². The van der Waals surface area contributed by atoms with Crippen molar-refractivity contribution in [2.45, 2.75) is 52.9 Å². The Balaban J connectivity index is 2.10. The zero-order valence-electron chi connectivity index (χ0n) is 17.0. The summed E-state index contributed by atoms with van der Waals surface area (Å²) in [6, 6.07) is 11.8. The molecule has 0 saturated heterocycles. The lowest BCUT2D eigenvalue weighted by Crippen LogP contribution is -2.24. The van der Waals surface area contributed by atoms with Crippen LogP contribution >= 0.6 is 0 Å². The van der Waals surface area contributed by atoms with Gasteiger partial charge in [-0.15, -0.1) is 0 Å². The Morgan fingerprint density at radius 2 is 1.81 bits per heavy atom. The highest BCUT2D eigenvalue weighted by Gasteiger charge is 2.29. The molecule has 3 rings (SSSR count). The van der Waals surface area contributed by atoms with Gasteiger partial charge in [0.25, 0.3) is 0 Å². The number of anilines is 2. The highest BCUT2D eigenvalue weighted by Crippen LogP contribution is 2.43. The van der Waals surface area contributed by atoms with Crippen molar-refractivity contribution in [2.75, 3.05) is 11.4 Å². The van der Waals surface area contributed by atoms with Gasteiger partial charge in [-0.2, -0.15) is 0 Å². The minimum atomic E-state index is -0.894. The summed E-state index contributed by atoms with van der Waals surface area (Å²) in [6.07, 6.45) is 4.50. The van der Waals surface area contributed by atoms with Crippen LogP contribution in [-0.4, -0.2) is 17.6 Å². The minimum absolute atomic E-state index is 0.150. The van der Waals surface area contributed by atoms with Crippen molar-refractivity contribution in [3.8, 4) is 0 Å². The quantitative estimate of drug-likeness (QED) is 0.675. The fraction of sp³-hybridized carbons (Fsp3) is 0.375. The molecule has 27 heavy (non-hydrogen) atoms. The largest absolute Gasteiger partial charge is 0.478 e. The number of rotatable bonds is 5. The first-order valence-corrected chi connectivity index (χ1v) is 9.74. The van der Waals surface area contributed by atoms with Crippen LogP contribution in [0.5, 0.6) is 0 Å². The van der Waals surface area contributed by atoms with E-state index < -0.39 is 5.97 Å². The first-order chi connectivity index (χ1) is 12.8. The molecule has 3 nitrogen and oxygen atoms in total. The molecule has 0 heterocycles. The molecule has 142 valence electrons. The van der Waals surface area contributed by atoms with E-state index >= 15 is 0 Å². The molecule has 1 N–H and O–H groups in total. The average molecular weight is 364 g/mol. The molecule has 0 aliphatic heterocycles. The molecule has 0 atom stereocenters. The Morgan fingerprint density at radius 3 is 2.37 bits per heavy atom. The van der Waals surface area contributed by atoms with Crippen molar-refractivity contribution < 1.29 is 9.90 Å². The van der Waals surface area contributed by atoms with Gasteiger partial charge in [-0.05, 0) is 84.7 Å². The molecule has 0 aromatic heterocycles. The van der Waals surface area contributed by atoms with Crippen molar-refractivity contribution in [3.63, 3.8) is 0 Å². The third kappa shape index (κ3) is 3.51. The van der Waals surface area contributed by atoms with Crippen molar-refractivity contribution in [1.29, 1.82) is 0 Å². The Hall–Kier alpha value is -2.55. The topological polar surface area (TPSA) is 40.5 Å². The van der Waals surface area contributed by atoms with E-state index in [2.05, 4.69) is 57.7 Å². The average Bonchev–Trinajstić information content (AvgIpc) is 2.64. The highest BCUT2D eigenvalue weighted by atomic mass is 16.4. The molecule has 2 aromatic rings.